The van der Waals surface area contributed by atoms with E-state index >= 15 is 0 Å². The molecule has 0 saturated heterocycles. The molecule has 0 spiro atoms. The lowest BCUT2D eigenvalue weighted by atomic mass is 10.2. The maximum Gasteiger partial charge on any atom is 0.0897 e. The van der Waals surface area contributed by atoms with Crippen molar-refractivity contribution in [2.24, 2.45) is 0 Å². The van der Waals surface area contributed by atoms with Gasteiger partial charge >= 0.3 is 0 Å². The smallest absolute Gasteiger partial charge is 0.0897 e. The number of ether oxygens (including phenoxy) is 1. The van der Waals surface area contributed by atoms with Crippen molar-refractivity contribution >= 4 is 11.6 Å². The fraction of sp³-hybridized carbons (Fsp3) is 0.600. The number of aliphatic hydroxyl groups is 1. The fourth-order valence-electron chi connectivity index (χ4n) is 1.68. The lowest BCUT2D eigenvalue weighted by Gasteiger charge is -2.16. The molecule has 0 heterocycles. The van der Waals surface area contributed by atoms with Crippen molar-refractivity contribution < 1.29 is 9.84 Å². The molecule has 0 radical (unpaired) electrons. The van der Waals surface area contributed by atoms with Crippen LogP contribution in [0.5, 0.6) is 0 Å². The molecule has 0 saturated carbocycles. The molecule has 5 heteroatoms. The monoisotopic (exact) mass is 300 g/mol. The summed E-state index contributed by atoms with van der Waals surface area (Å²) in [6, 6.07) is 7.57. The summed E-state index contributed by atoms with van der Waals surface area (Å²) in [5.74, 6) is 0. The normalized spacial score (nSPS) is 12.8. The van der Waals surface area contributed by atoms with E-state index in [0.717, 1.165) is 25.2 Å². The van der Waals surface area contributed by atoms with Crippen LogP contribution >= 0.6 is 11.6 Å². The van der Waals surface area contributed by atoms with Gasteiger partial charge < -0.3 is 20.1 Å². The average molecular weight is 301 g/mol. The van der Waals surface area contributed by atoms with Gasteiger partial charge in [-0.25, -0.2) is 0 Å². The zero-order valence-electron chi connectivity index (χ0n) is 12.3. The van der Waals surface area contributed by atoms with Gasteiger partial charge in [0.2, 0.25) is 0 Å². The third-order valence-electron chi connectivity index (χ3n) is 3.12. The molecule has 0 amide bonds. The van der Waals surface area contributed by atoms with Gasteiger partial charge in [-0.15, -0.1) is 0 Å². The van der Waals surface area contributed by atoms with Crippen molar-refractivity contribution in [3.05, 3.63) is 34.9 Å². The second kappa shape index (κ2) is 10.1. The Morgan fingerprint density at radius 2 is 2.15 bits per heavy atom. The standard InChI is InChI=1S/C15H25ClN2O2/c1-3-18(2)9-8-17-10-14(19)12-20-11-13-6-4-5-7-15(13)16/h4-7,14,17,19H,3,8-12H2,1-2H3. The van der Waals surface area contributed by atoms with Gasteiger partial charge in [-0.3, -0.25) is 0 Å². The van der Waals surface area contributed by atoms with Crippen LogP contribution in [0, 0.1) is 0 Å². The molecule has 20 heavy (non-hydrogen) atoms. The second-order valence-corrected chi connectivity index (χ2v) is 5.27. The highest BCUT2D eigenvalue weighted by Crippen LogP contribution is 2.15. The molecule has 114 valence electrons. The zero-order chi connectivity index (χ0) is 14.8. The summed E-state index contributed by atoms with van der Waals surface area (Å²) in [7, 11) is 2.07. The van der Waals surface area contributed by atoms with E-state index in [1.165, 1.54) is 0 Å². The minimum atomic E-state index is -0.496. The first-order valence-corrected chi connectivity index (χ1v) is 7.39. The summed E-state index contributed by atoms with van der Waals surface area (Å²) in [5, 5.41) is 13.7. The molecule has 1 aromatic rings. The molecule has 0 aliphatic heterocycles. The van der Waals surface area contributed by atoms with Crippen molar-refractivity contribution in [3.8, 4) is 0 Å². The summed E-state index contributed by atoms with van der Waals surface area (Å²) in [4.78, 5) is 2.22. The van der Waals surface area contributed by atoms with E-state index in [4.69, 9.17) is 16.3 Å². The Labute approximate surface area is 126 Å². The molecule has 0 fully saturated rings. The lowest BCUT2D eigenvalue weighted by Crippen LogP contribution is -2.35. The third kappa shape index (κ3) is 7.22. The van der Waals surface area contributed by atoms with E-state index in [9.17, 15) is 5.11 Å². The number of benzene rings is 1. The minimum absolute atomic E-state index is 0.307. The maximum atomic E-state index is 9.78. The molecule has 1 atom stereocenters. The van der Waals surface area contributed by atoms with Gasteiger partial charge in [0.25, 0.3) is 0 Å². The topological polar surface area (TPSA) is 44.7 Å². The number of likely N-dealkylation sites (N-methyl/N-ethyl adjacent to an activating group) is 1. The van der Waals surface area contributed by atoms with Gasteiger partial charge in [0.05, 0.1) is 19.3 Å². The van der Waals surface area contributed by atoms with Crippen molar-refractivity contribution in [2.45, 2.75) is 19.6 Å². The molecule has 0 bridgehead atoms. The SMILES string of the molecule is CCN(C)CCNCC(O)COCc1ccccc1Cl. The van der Waals surface area contributed by atoms with Crippen LogP contribution in [0.4, 0.5) is 0 Å². The zero-order valence-corrected chi connectivity index (χ0v) is 13.1. The van der Waals surface area contributed by atoms with E-state index in [0.29, 0.717) is 24.8 Å². The van der Waals surface area contributed by atoms with E-state index in [2.05, 4.69) is 24.2 Å². The van der Waals surface area contributed by atoms with Crippen LogP contribution in [0.25, 0.3) is 0 Å². The largest absolute Gasteiger partial charge is 0.389 e. The predicted octanol–water partition coefficient (Wildman–Crippen LogP) is 1.76. The molecular formula is C15H25ClN2O2. The highest BCUT2D eigenvalue weighted by Gasteiger charge is 2.05. The average Bonchev–Trinajstić information content (AvgIpc) is 2.45. The quantitative estimate of drug-likeness (QED) is 0.646. The number of nitrogens with zero attached hydrogens (tertiary/aromatic N) is 1. The lowest BCUT2D eigenvalue weighted by molar-refractivity contribution is 0.0288. The summed E-state index contributed by atoms with van der Waals surface area (Å²) in [5.41, 5.74) is 0.943. The first-order valence-electron chi connectivity index (χ1n) is 7.02. The van der Waals surface area contributed by atoms with Crippen molar-refractivity contribution in [1.82, 2.24) is 10.2 Å². The van der Waals surface area contributed by atoms with E-state index in [-0.39, 0.29) is 0 Å². The van der Waals surface area contributed by atoms with Crippen molar-refractivity contribution in [3.63, 3.8) is 0 Å². The highest BCUT2D eigenvalue weighted by molar-refractivity contribution is 6.31. The highest BCUT2D eigenvalue weighted by atomic mass is 35.5. The van der Waals surface area contributed by atoms with Crippen molar-refractivity contribution in [2.75, 3.05) is 39.8 Å². The number of aliphatic hydroxyl groups excluding tert-OH is 1. The Bertz CT molecular complexity index is 377. The Morgan fingerprint density at radius 3 is 2.85 bits per heavy atom. The third-order valence-corrected chi connectivity index (χ3v) is 3.48. The summed E-state index contributed by atoms with van der Waals surface area (Å²) < 4.78 is 5.48. The number of nitrogens with one attached hydrogen (secondary N) is 1. The number of rotatable bonds is 10. The fourth-order valence-corrected chi connectivity index (χ4v) is 1.87. The number of hydrogen-bond donors (Lipinski definition) is 2. The van der Waals surface area contributed by atoms with E-state index in [1.54, 1.807) is 0 Å². The first-order chi connectivity index (χ1) is 9.63. The summed E-state index contributed by atoms with van der Waals surface area (Å²) in [6.07, 6.45) is -0.496. The molecule has 2 N–H and O–H groups in total. The molecule has 1 unspecified atom stereocenters. The van der Waals surface area contributed by atoms with Gasteiger partial charge in [-0.05, 0) is 25.2 Å². The predicted molar refractivity (Wildman–Crippen MR) is 83.2 cm³/mol. The molecule has 1 rings (SSSR count). The molecule has 0 aliphatic carbocycles. The second-order valence-electron chi connectivity index (χ2n) is 4.86. The number of halogens is 1. The van der Waals surface area contributed by atoms with Crippen LogP contribution in [-0.4, -0.2) is 55.9 Å². The Morgan fingerprint density at radius 1 is 1.40 bits per heavy atom. The van der Waals surface area contributed by atoms with Crippen LogP contribution in [0.1, 0.15) is 12.5 Å². The first kappa shape index (κ1) is 17.4. The summed E-state index contributed by atoms with van der Waals surface area (Å²) in [6.45, 7) is 6.27. The van der Waals surface area contributed by atoms with E-state index in [1.807, 2.05) is 24.3 Å². The van der Waals surface area contributed by atoms with Crippen LogP contribution in [0.2, 0.25) is 5.02 Å². The molecule has 0 aromatic heterocycles. The Hall–Kier alpha value is -0.650. The molecule has 4 nitrogen and oxygen atoms in total. The maximum absolute atomic E-state index is 9.78. The molecule has 1 aromatic carbocycles. The van der Waals surface area contributed by atoms with Gasteiger partial charge in [0, 0.05) is 24.7 Å². The number of hydrogen-bond acceptors (Lipinski definition) is 4. The molecular weight excluding hydrogens is 276 g/mol. The molecule has 0 aliphatic rings. The van der Waals surface area contributed by atoms with Gasteiger partial charge in [0.1, 0.15) is 0 Å². The Balaban J connectivity index is 2.08. The van der Waals surface area contributed by atoms with Gasteiger partial charge in [-0.2, -0.15) is 0 Å². The van der Waals surface area contributed by atoms with Crippen LogP contribution in [-0.2, 0) is 11.3 Å². The van der Waals surface area contributed by atoms with E-state index < -0.39 is 6.10 Å². The minimum Gasteiger partial charge on any atom is -0.389 e. The van der Waals surface area contributed by atoms with Crippen LogP contribution in [0.15, 0.2) is 24.3 Å². The summed E-state index contributed by atoms with van der Waals surface area (Å²) >= 11 is 6.03. The van der Waals surface area contributed by atoms with Crippen molar-refractivity contribution in [1.29, 1.82) is 0 Å². The van der Waals surface area contributed by atoms with Crippen LogP contribution < -0.4 is 5.32 Å². The Kier molecular flexibility index (Phi) is 8.82. The van der Waals surface area contributed by atoms with Gasteiger partial charge in [-0.1, -0.05) is 36.7 Å². The van der Waals surface area contributed by atoms with Crippen LogP contribution in [0.3, 0.4) is 0 Å². The van der Waals surface area contributed by atoms with Gasteiger partial charge in [0.15, 0.2) is 0 Å².